The summed E-state index contributed by atoms with van der Waals surface area (Å²) in [5.41, 5.74) is 1.35. The molecule has 2 heterocycles. The maximum atomic E-state index is 12.1. The van der Waals surface area contributed by atoms with Gasteiger partial charge in [0.05, 0.1) is 0 Å². The third-order valence-corrected chi connectivity index (χ3v) is 2.94. The maximum Gasteiger partial charge on any atom is 0.270 e. The molecule has 0 aliphatic heterocycles. The van der Waals surface area contributed by atoms with Crippen LogP contribution in [0.1, 0.15) is 35.8 Å². The Bertz CT molecular complexity index is 573. The quantitative estimate of drug-likeness (QED) is 0.761. The van der Waals surface area contributed by atoms with Gasteiger partial charge in [0, 0.05) is 31.5 Å². The molecule has 0 saturated carbocycles. The summed E-state index contributed by atoms with van der Waals surface area (Å²) in [5.74, 6) is 0.459. The zero-order valence-corrected chi connectivity index (χ0v) is 12.0. The van der Waals surface area contributed by atoms with Gasteiger partial charge in [-0.15, -0.1) is 0 Å². The number of nitrogens with one attached hydrogen (secondary N) is 2. The highest BCUT2D eigenvalue weighted by Gasteiger charge is 2.08. The molecule has 2 aromatic rings. The highest BCUT2D eigenvalue weighted by Crippen LogP contribution is 2.05. The van der Waals surface area contributed by atoms with Gasteiger partial charge >= 0.3 is 0 Å². The van der Waals surface area contributed by atoms with E-state index in [1.54, 1.807) is 18.5 Å². The number of hydrogen-bond acceptors (Lipinski definition) is 5. The van der Waals surface area contributed by atoms with Crippen molar-refractivity contribution >= 4 is 11.7 Å². The van der Waals surface area contributed by atoms with Crippen molar-refractivity contribution in [1.29, 1.82) is 0 Å². The van der Waals surface area contributed by atoms with E-state index in [4.69, 9.17) is 0 Å². The predicted molar refractivity (Wildman–Crippen MR) is 80.8 cm³/mol. The fourth-order valence-electron chi connectivity index (χ4n) is 1.74. The lowest BCUT2D eigenvalue weighted by molar-refractivity contribution is 0.0946. The van der Waals surface area contributed by atoms with Crippen molar-refractivity contribution in [2.75, 3.05) is 11.9 Å². The van der Waals surface area contributed by atoms with Gasteiger partial charge in [0.15, 0.2) is 0 Å². The fraction of sp³-hybridized carbons (Fsp3) is 0.333. The molecule has 0 spiro atoms. The Morgan fingerprint density at radius 3 is 2.81 bits per heavy atom. The topological polar surface area (TPSA) is 79.8 Å². The molecule has 0 bridgehead atoms. The molecule has 1 amide bonds. The zero-order valence-electron chi connectivity index (χ0n) is 12.0. The molecule has 0 unspecified atom stereocenters. The van der Waals surface area contributed by atoms with Gasteiger partial charge in [-0.2, -0.15) is 0 Å². The van der Waals surface area contributed by atoms with Gasteiger partial charge in [0.1, 0.15) is 17.8 Å². The van der Waals surface area contributed by atoms with Crippen LogP contribution in [0.4, 0.5) is 5.82 Å². The van der Waals surface area contributed by atoms with Crippen LogP contribution in [0.5, 0.6) is 0 Å². The van der Waals surface area contributed by atoms with Crippen molar-refractivity contribution in [2.24, 2.45) is 0 Å². The lowest BCUT2D eigenvalue weighted by Gasteiger charge is -2.07. The minimum absolute atomic E-state index is 0.215. The van der Waals surface area contributed by atoms with E-state index >= 15 is 0 Å². The smallest absolute Gasteiger partial charge is 0.270 e. The Balaban J connectivity index is 1.91. The number of rotatable bonds is 7. The van der Waals surface area contributed by atoms with Crippen LogP contribution in [0.25, 0.3) is 0 Å². The molecule has 6 heteroatoms. The number of hydrogen-bond donors (Lipinski definition) is 2. The van der Waals surface area contributed by atoms with Crippen molar-refractivity contribution in [3.8, 4) is 0 Å². The number of unbranched alkanes of at least 4 members (excludes halogenated alkanes) is 1. The molecule has 0 aliphatic rings. The molecule has 0 aliphatic carbocycles. The summed E-state index contributed by atoms with van der Waals surface area (Å²) in [6, 6.07) is 5.38. The molecule has 0 radical (unpaired) electrons. The SMILES string of the molecule is CCCCNc1cc(C(=O)NCc2ccncc2)ncn1. The minimum Gasteiger partial charge on any atom is -0.370 e. The van der Waals surface area contributed by atoms with E-state index in [2.05, 4.69) is 32.5 Å². The van der Waals surface area contributed by atoms with E-state index in [0.717, 1.165) is 24.9 Å². The van der Waals surface area contributed by atoms with E-state index in [1.807, 2.05) is 12.1 Å². The van der Waals surface area contributed by atoms with Crippen LogP contribution in [-0.4, -0.2) is 27.4 Å². The number of nitrogens with zero attached hydrogens (tertiary/aromatic N) is 3. The third-order valence-electron chi connectivity index (χ3n) is 2.94. The van der Waals surface area contributed by atoms with Crippen molar-refractivity contribution in [3.63, 3.8) is 0 Å². The Morgan fingerprint density at radius 1 is 1.24 bits per heavy atom. The third kappa shape index (κ3) is 4.83. The van der Waals surface area contributed by atoms with Crippen LogP contribution in [-0.2, 0) is 6.54 Å². The van der Waals surface area contributed by atoms with Crippen LogP contribution >= 0.6 is 0 Å². The molecule has 21 heavy (non-hydrogen) atoms. The van der Waals surface area contributed by atoms with Crippen LogP contribution < -0.4 is 10.6 Å². The molecule has 0 atom stereocenters. The fourth-order valence-corrected chi connectivity index (χ4v) is 1.74. The van der Waals surface area contributed by atoms with Crippen LogP contribution in [0.15, 0.2) is 36.9 Å². The van der Waals surface area contributed by atoms with E-state index < -0.39 is 0 Å². The van der Waals surface area contributed by atoms with Gasteiger partial charge < -0.3 is 10.6 Å². The molecule has 0 fully saturated rings. The summed E-state index contributed by atoms with van der Waals surface area (Å²) in [7, 11) is 0. The maximum absolute atomic E-state index is 12.1. The lowest BCUT2D eigenvalue weighted by Crippen LogP contribution is -2.24. The molecule has 2 aromatic heterocycles. The van der Waals surface area contributed by atoms with E-state index in [1.165, 1.54) is 6.33 Å². The molecule has 2 rings (SSSR count). The second-order valence-electron chi connectivity index (χ2n) is 4.61. The Hall–Kier alpha value is -2.50. The molecule has 2 N–H and O–H groups in total. The molecule has 0 saturated heterocycles. The number of amides is 1. The highest BCUT2D eigenvalue weighted by atomic mass is 16.1. The number of pyridine rings is 1. The molecular weight excluding hydrogens is 266 g/mol. The number of carbonyl (C=O) groups is 1. The van der Waals surface area contributed by atoms with E-state index in [9.17, 15) is 4.79 Å². The largest absolute Gasteiger partial charge is 0.370 e. The van der Waals surface area contributed by atoms with E-state index in [0.29, 0.717) is 18.1 Å². The number of carbonyl (C=O) groups excluding carboxylic acids is 1. The molecule has 0 aromatic carbocycles. The van der Waals surface area contributed by atoms with Gasteiger partial charge in [-0.05, 0) is 24.1 Å². The Morgan fingerprint density at radius 2 is 2.05 bits per heavy atom. The predicted octanol–water partition coefficient (Wildman–Crippen LogP) is 2.01. The first kappa shape index (κ1) is 14.9. The first-order valence-electron chi connectivity index (χ1n) is 7.02. The Kier molecular flexibility index (Phi) is 5.63. The minimum atomic E-state index is -0.215. The van der Waals surface area contributed by atoms with Gasteiger partial charge in [-0.3, -0.25) is 9.78 Å². The van der Waals surface area contributed by atoms with Crippen LogP contribution in [0, 0.1) is 0 Å². The normalized spacial score (nSPS) is 10.1. The summed E-state index contributed by atoms with van der Waals surface area (Å²) >= 11 is 0. The molecular formula is C15H19N5O. The lowest BCUT2D eigenvalue weighted by atomic mass is 10.2. The summed E-state index contributed by atoms with van der Waals surface area (Å²) < 4.78 is 0. The first-order valence-corrected chi connectivity index (χ1v) is 7.02. The standard InChI is InChI=1S/C15H19N5O/c1-2-3-6-17-14-9-13(19-11-20-14)15(21)18-10-12-4-7-16-8-5-12/h4-5,7-9,11H,2-3,6,10H2,1H3,(H,18,21)(H,17,19,20). The van der Waals surface area contributed by atoms with Crippen molar-refractivity contribution < 1.29 is 4.79 Å². The average Bonchev–Trinajstić information content (AvgIpc) is 2.54. The van der Waals surface area contributed by atoms with Crippen molar-refractivity contribution in [3.05, 3.63) is 48.2 Å². The van der Waals surface area contributed by atoms with Gasteiger partial charge in [-0.1, -0.05) is 13.3 Å². The summed E-state index contributed by atoms with van der Waals surface area (Å²) in [5, 5.41) is 6.00. The highest BCUT2D eigenvalue weighted by molar-refractivity contribution is 5.92. The molecule has 110 valence electrons. The summed E-state index contributed by atoms with van der Waals surface area (Å²) in [4.78, 5) is 24.1. The van der Waals surface area contributed by atoms with Gasteiger partial charge in [0.25, 0.3) is 5.91 Å². The van der Waals surface area contributed by atoms with Crippen LogP contribution in [0.2, 0.25) is 0 Å². The Labute approximate surface area is 124 Å². The van der Waals surface area contributed by atoms with Gasteiger partial charge in [0.2, 0.25) is 0 Å². The second-order valence-corrected chi connectivity index (χ2v) is 4.61. The summed E-state index contributed by atoms with van der Waals surface area (Å²) in [6.07, 6.45) is 6.96. The van der Waals surface area contributed by atoms with Crippen molar-refractivity contribution in [2.45, 2.75) is 26.3 Å². The molecule has 6 nitrogen and oxygen atoms in total. The van der Waals surface area contributed by atoms with Gasteiger partial charge in [-0.25, -0.2) is 9.97 Å². The number of aromatic nitrogens is 3. The summed E-state index contributed by atoms with van der Waals surface area (Å²) in [6.45, 7) is 3.41. The average molecular weight is 285 g/mol. The monoisotopic (exact) mass is 285 g/mol. The van der Waals surface area contributed by atoms with Crippen molar-refractivity contribution in [1.82, 2.24) is 20.3 Å². The zero-order chi connectivity index (χ0) is 14.9. The number of anilines is 1. The second kappa shape index (κ2) is 7.94. The van der Waals surface area contributed by atoms with Crippen LogP contribution in [0.3, 0.4) is 0 Å². The van der Waals surface area contributed by atoms with E-state index in [-0.39, 0.29) is 5.91 Å². The first-order chi connectivity index (χ1) is 10.3.